The van der Waals surface area contributed by atoms with E-state index in [0.717, 1.165) is 11.8 Å². The Hall–Kier alpha value is -2.54. The van der Waals surface area contributed by atoms with Gasteiger partial charge in [0.25, 0.3) is 0 Å². The average molecular weight is 392 g/mol. The molecule has 1 N–H and O–H groups in total. The van der Waals surface area contributed by atoms with Crippen molar-refractivity contribution in [2.24, 2.45) is 5.10 Å². The highest BCUT2D eigenvalue weighted by Crippen LogP contribution is 2.18. The Morgan fingerprint density at radius 2 is 2.00 bits per heavy atom. The Morgan fingerprint density at radius 3 is 2.61 bits per heavy atom. The van der Waals surface area contributed by atoms with Crippen molar-refractivity contribution in [3.05, 3.63) is 48.5 Å². The maximum absolute atomic E-state index is 13.9. The van der Waals surface area contributed by atoms with Crippen molar-refractivity contribution in [1.29, 1.82) is 0 Å². The van der Waals surface area contributed by atoms with E-state index in [1.165, 1.54) is 0 Å². The zero-order valence-corrected chi connectivity index (χ0v) is 17.8. The molecule has 1 fully saturated rings. The molecule has 0 aromatic carbocycles. The lowest BCUT2D eigenvalue weighted by molar-refractivity contribution is 0.122. The fraction of sp³-hybridized carbons (Fsp3) is 0.476. The van der Waals surface area contributed by atoms with Crippen LogP contribution in [0, 0.1) is 5.82 Å². The number of nitrogens with one attached hydrogen (secondary N) is 1. The van der Waals surface area contributed by atoms with E-state index < -0.39 is 5.82 Å². The van der Waals surface area contributed by atoms with Crippen LogP contribution < -0.4 is 10.3 Å². The molecule has 6 nitrogen and oxygen atoms in total. The minimum absolute atomic E-state index is 0.256. The fourth-order valence-corrected chi connectivity index (χ4v) is 2.10. The predicted octanol–water partition coefficient (Wildman–Crippen LogP) is 4.98. The second-order valence-corrected chi connectivity index (χ2v) is 5.06. The van der Waals surface area contributed by atoms with Crippen molar-refractivity contribution >= 4 is 18.0 Å². The summed E-state index contributed by atoms with van der Waals surface area (Å²) in [5.74, 6) is 0.0761. The van der Waals surface area contributed by atoms with Gasteiger partial charge in [0.05, 0.1) is 19.4 Å². The fourth-order valence-electron chi connectivity index (χ4n) is 2.10. The number of halogens is 1. The molecule has 156 valence electrons. The molecule has 0 saturated carbocycles. The zero-order valence-electron chi connectivity index (χ0n) is 17.8. The van der Waals surface area contributed by atoms with Gasteiger partial charge in [-0.25, -0.2) is 14.8 Å². The van der Waals surface area contributed by atoms with E-state index in [1.807, 2.05) is 57.7 Å². The molecule has 0 unspecified atom stereocenters. The van der Waals surface area contributed by atoms with Crippen LogP contribution in [0.25, 0.3) is 0 Å². The van der Waals surface area contributed by atoms with E-state index in [-0.39, 0.29) is 11.8 Å². The van der Waals surface area contributed by atoms with E-state index in [0.29, 0.717) is 32.7 Å². The molecular formula is C21H34FN5O. The second kappa shape index (κ2) is 16.6. The van der Waals surface area contributed by atoms with Gasteiger partial charge in [-0.2, -0.15) is 10.1 Å². The summed E-state index contributed by atoms with van der Waals surface area (Å²) in [4.78, 5) is 9.94. The summed E-state index contributed by atoms with van der Waals surface area (Å²) in [6.07, 6.45) is 11.1. The monoisotopic (exact) mass is 391 g/mol. The average Bonchev–Trinajstić information content (AvgIpc) is 2.77. The van der Waals surface area contributed by atoms with Crippen LogP contribution in [-0.2, 0) is 4.74 Å². The molecule has 0 atom stereocenters. The number of ether oxygens (including phenoxy) is 1. The first kappa shape index (κ1) is 25.5. The summed E-state index contributed by atoms with van der Waals surface area (Å²) < 4.78 is 19.2. The van der Waals surface area contributed by atoms with Crippen molar-refractivity contribution in [1.82, 2.24) is 9.97 Å². The van der Waals surface area contributed by atoms with Gasteiger partial charge in [0.2, 0.25) is 5.95 Å². The van der Waals surface area contributed by atoms with E-state index >= 15 is 0 Å². The van der Waals surface area contributed by atoms with Crippen LogP contribution >= 0.6 is 0 Å². The third kappa shape index (κ3) is 9.41. The van der Waals surface area contributed by atoms with Gasteiger partial charge in [-0.1, -0.05) is 58.6 Å². The lowest BCUT2D eigenvalue weighted by atomic mass is 10.2. The molecule has 28 heavy (non-hydrogen) atoms. The van der Waals surface area contributed by atoms with Crippen LogP contribution in [0.2, 0.25) is 0 Å². The van der Waals surface area contributed by atoms with Crippen LogP contribution in [0.1, 0.15) is 41.0 Å². The normalized spacial score (nSPS) is 14.2. The Kier molecular flexibility index (Phi) is 15.1. The molecule has 0 spiro atoms. The van der Waals surface area contributed by atoms with Crippen molar-refractivity contribution in [2.75, 3.05) is 36.6 Å². The number of anilines is 2. The molecule has 0 amide bonds. The minimum atomic E-state index is -0.449. The smallest absolute Gasteiger partial charge is 0.245 e. The van der Waals surface area contributed by atoms with Crippen molar-refractivity contribution in [2.45, 2.75) is 41.0 Å². The van der Waals surface area contributed by atoms with Crippen LogP contribution in [-0.4, -0.2) is 42.5 Å². The van der Waals surface area contributed by atoms with Gasteiger partial charge < -0.3 is 9.64 Å². The number of aromatic nitrogens is 2. The molecule has 2 rings (SSSR count). The van der Waals surface area contributed by atoms with Crippen LogP contribution in [0.15, 0.2) is 47.8 Å². The van der Waals surface area contributed by atoms with E-state index in [2.05, 4.69) is 27.1 Å². The lowest BCUT2D eigenvalue weighted by Crippen LogP contribution is -2.37. The first-order chi connectivity index (χ1) is 13.7. The number of hydrogen-bond donors (Lipinski definition) is 1. The standard InChI is InChI=1S/C17H22FN5O.2C2H6/c1-3-5-6-14(4-2)7-8-20-22-17-19-13-15(18)16(21-17)23-9-11-24-12-10-23;2*1-2/h3-6,8,13H,2,7,9-12H2,1H3,(H,19,21,22);2*1-2H3/b5-3-,14-6+,20-8+;;. The van der Waals surface area contributed by atoms with Gasteiger partial charge >= 0.3 is 0 Å². The van der Waals surface area contributed by atoms with E-state index in [1.54, 1.807) is 12.3 Å². The first-order valence-corrected chi connectivity index (χ1v) is 9.81. The maximum Gasteiger partial charge on any atom is 0.245 e. The maximum atomic E-state index is 13.9. The number of allylic oxidation sites excluding steroid dienone is 5. The van der Waals surface area contributed by atoms with Crippen molar-refractivity contribution in [3.63, 3.8) is 0 Å². The molecular weight excluding hydrogens is 357 g/mol. The SMILES string of the molecule is C=C/C(=C\C=C/C)C/C=N/Nc1ncc(F)c(N2CCOCC2)n1.CC.CC. The minimum Gasteiger partial charge on any atom is -0.378 e. The quantitative estimate of drug-likeness (QED) is 0.403. The van der Waals surface area contributed by atoms with Gasteiger partial charge in [0, 0.05) is 25.7 Å². The molecule has 0 aliphatic carbocycles. The molecule has 0 radical (unpaired) electrons. The highest BCUT2D eigenvalue weighted by molar-refractivity contribution is 5.63. The molecule has 1 saturated heterocycles. The van der Waals surface area contributed by atoms with E-state index in [4.69, 9.17) is 4.74 Å². The van der Waals surface area contributed by atoms with E-state index in [9.17, 15) is 4.39 Å². The first-order valence-electron chi connectivity index (χ1n) is 9.81. The Morgan fingerprint density at radius 1 is 1.32 bits per heavy atom. The van der Waals surface area contributed by atoms with Crippen LogP contribution in [0.4, 0.5) is 16.2 Å². The highest BCUT2D eigenvalue weighted by atomic mass is 19.1. The second-order valence-electron chi connectivity index (χ2n) is 5.06. The number of nitrogens with zero attached hydrogens (tertiary/aromatic N) is 4. The molecule has 1 aromatic rings. The van der Waals surface area contributed by atoms with Crippen LogP contribution in [0.5, 0.6) is 0 Å². The molecule has 7 heteroatoms. The molecule has 1 aliphatic rings. The lowest BCUT2D eigenvalue weighted by Gasteiger charge is -2.27. The number of rotatable bonds is 7. The molecule has 2 heterocycles. The number of hydrazone groups is 1. The third-order valence-corrected chi connectivity index (χ3v) is 3.38. The Labute approximate surface area is 168 Å². The van der Waals surface area contributed by atoms with Crippen molar-refractivity contribution in [3.8, 4) is 0 Å². The number of morpholine rings is 1. The summed E-state index contributed by atoms with van der Waals surface area (Å²) in [5, 5.41) is 4.07. The van der Waals surface area contributed by atoms with Gasteiger partial charge in [0.1, 0.15) is 0 Å². The van der Waals surface area contributed by atoms with Crippen molar-refractivity contribution < 1.29 is 9.13 Å². The topological polar surface area (TPSA) is 62.6 Å². The summed E-state index contributed by atoms with van der Waals surface area (Å²) in [5.41, 5.74) is 3.76. The summed E-state index contributed by atoms with van der Waals surface area (Å²) >= 11 is 0. The largest absolute Gasteiger partial charge is 0.378 e. The van der Waals surface area contributed by atoms with Gasteiger partial charge in [0.15, 0.2) is 11.6 Å². The highest BCUT2D eigenvalue weighted by Gasteiger charge is 2.17. The summed E-state index contributed by atoms with van der Waals surface area (Å²) in [6.45, 7) is 16.0. The molecule has 1 aliphatic heterocycles. The molecule has 1 aromatic heterocycles. The summed E-state index contributed by atoms with van der Waals surface area (Å²) in [6, 6.07) is 0. The third-order valence-electron chi connectivity index (χ3n) is 3.38. The molecule has 0 bridgehead atoms. The Balaban J connectivity index is 0.00000171. The van der Waals surface area contributed by atoms with Gasteiger partial charge in [-0.15, -0.1) is 0 Å². The number of hydrogen-bond acceptors (Lipinski definition) is 6. The Bertz CT molecular complexity index is 638. The summed E-state index contributed by atoms with van der Waals surface area (Å²) in [7, 11) is 0. The van der Waals surface area contributed by atoms with Crippen LogP contribution in [0.3, 0.4) is 0 Å². The van der Waals surface area contributed by atoms with Gasteiger partial charge in [-0.3, -0.25) is 0 Å². The van der Waals surface area contributed by atoms with Gasteiger partial charge in [-0.05, 0) is 12.5 Å². The predicted molar refractivity (Wildman–Crippen MR) is 118 cm³/mol. The zero-order chi connectivity index (χ0) is 21.2.